The molecule has 196 valence electrons. The van der Waals surface area contributed by atoms with Gasteiger partial charge in [-0.1, -0.05) is 67.9 Å². The first-order chi connectivity index (χ1) is 18.4. The third-order valence-corrected chi connectivity index (χ3v) is 6.92. The highest BCUT2D eigenvalue weighted by Gasteiger charge is 2.38. The van der Waals surface area contributed by atoms with E-state index in [0.717, 1.165) is 18.4 Å². The van der Waals surface area contributed by atoms with Crippen molar-refractivity contribution in [3.63, 3.8) is 0 Å². The number of carbonyl (C=O) groups is 3. The molecule has 1 aliphatic heterocycles. The molecule has 1 aliphatic rings. The van der Waals surface area contributed by atoms with Gasteiger partial charge >= 0.3 is 12.0 Å². The molecule has 1 unspecified atom stereocenters. The van der Waals surface area contributed by atoms with Gasteiger partial charge in [0.05, 0.1) is 29.5 Å². The highest BCUT2D eigenvalue weighted by Crippen LogP contribution is 2.37. The fourth-order valence-electron chi connectivity index (χ4n) is 4.37. The van der Waals surface area contributed by atoms with E-state index in [1.807, 2.05) is 36.4 Å². The Kier molecular flexibility index (Phi) is 8.97. The topological polar surface area (TPSA) is 87.7 Å². The number of esters is 1. The Morgan fingerprint density at radius 1 is 0.974 bits per heavy atom. The summed E-state index contributed by atoms with van der Waals surface area (Å²) in [6.07, 6.45) is 1.69. The first-order valence-corrected chi connectivity index (χ1v) is 13.4. The zero-order valence-electron chi connectivity index (χ0n) is 21.4. The number of ether oxygens (including phenoxy) is 1. The smallest absolute Gasteiger partial charge is 0.338 e. The predicted molar refractivity (Wildman–Crippen MR) is 151 cm³/mol. The minimum Gasteiger partial charge on any atom is -0.463 e. The largest absolute Gasteiger partial charge is 0.463 e. The van der Waals surface area contributed by atoms with Gasteiger partial charge in [-0.15, -0.1) is 0 Å². The number of rotatable bonds is 9. The van der Waals surface area contributed by atoms with Crippen LogP contribution in [0.4, 0.5) is 10.5 Å². The van der Waals surface area contributed by atoms with Crippen LogP contribution in [-0.4, -0.2) is 36.0 Å². The Morgan fingerprint density at radius 2 is 1.66 bits per heavy atom. The number of hydrogen-bond donors (Lipinski definition) is 2. The molecule has 0 aliphatic carbocycles. The van der Waals surface area contributed by atoms with Crippen LogP contribution in [0.2, 0.25) is 0 Å². The van der Waals surface area contributed by atoms with Crippen molar-refractivity contribution in [2.24, 2.45) is 0 Å². The number of amides is 3. The Hall–Kier alpha value is -3.91. The maximum atomic E-state index is 13.4. The average molecular weight is 576 g/mol. The highest BCUT2D eigenvalue weighted by atomic mass is 79.9. The van der Waals surface area contributed by atoms with Gasteiger partial charge in [-0.25, -0.2) is 9.59 Å². The summed E-state index contributed by atoms with van der Waals surface area (Å²) in [5.74, 6) is -0.731. The summed E-state index contributed by atoms with van der Waals surface area (Å²) >= 11 is 3.40. The van der Waals surface area contributed by atoms with Crippen molar-refractivity contribution in [1.29, 1.82) is 0 Å². The van der Waals surface area contributed by atoms with Crippen molar-refractivity contribution in [3.05, 3.63) is 106 Å². The van der Waals surface area contributed by atoms with Crippen LogP contribution in [0.3, 0.4) is 0 Å². The monoisotopic (exact) mass is 575 g/mol. The highest BCUT2D eigenvalue weighted by molar-refractivity contribution is 9.10. The van der Waals surface area contributed by atoms with E-state index in [9.17, 15) is 14.4 Å². The quantitative estimate of drug-likeness (QED) is 0.283. The maximum absolute atomic E-state index is 13.4. The summed E-state index contributed by atoms with van der Waals surface area (Å²) in [6, 6.07) is 22.7. The van der Waals surface area contributed by atoms with E-state index in [2.05, 4.69) is 33.5 Å². The number of nitrogens with one attached hydrogen (secondary N) is 2. The summed E-state index contributed by atoms with van der Waals surface area (Å²) < 4.78 is 6.17. The SMILES string of the molecule is CCCCN1C(=O)NC(c2ccc(NC(=O)c3ccccc3Br)cc2)C(C(=O)OCC)=C1c1ccccc1. The number of hydrogen-bond acceptors (Lipinski definition) is 4. The van der Waals surface area contributed by atoms with E-state index < -0.39 is 12.0 Å². The zero-order chi connectivity index (χ0) is 27.1. The first kappa shape index (κ1) is 27.1. The van der Waals surface area contributed by atoms with E-state index in [1.165, 1.54) is 0 Å². The van der Waals surface area contributed by atoms with Crippen LogP contribution < -0.4 is 10.6 Å². The summed E-state index contributed by atoms with van der Waals surface area (Å²) in [4.78, 5) is 41.1. The molecule has 2 N–H and O–H groups in total. The van der Waals surface area contributed by atoms with Crippen LogP contribution in [0.5, 0.6) is 0 Å². The van der Waals surface area contributed by atoms with Crippen LogP contribution >= 0.6 is 15.9 Å². The van der Waals surface area contributed by atoms with Gasteiger partial charge in [0.15, 0.2) is 0 Å². The van der Waals surface area contributed by atoms with E-state index in [4.69, 9.17) is 4.74 Å². The van der Waals surface area contributed by atoms with Gasteiger partial charge in [0.2, 0.25) is 0 Å². The molecule has 4 rings (SSSR count). The van der Waals surface area contributed by atoms with Crippen LogP contribution in [0.15, 0.2) is 88.9 Å². The molecule has 0 saturated heterocycles. The molecule has 38 heavy (non-hydrogen) atoms. The lowest BCUT2D eigenvalue weighted by Gasteiger charge is -2.37. The minimum absolute atomic E-state index is 0.208. The number of unbranched alkanes of at least 4 members (excludes halogenated alkanes) is 1. The number of carbonyl (C=O) groups excluding carboxylic acids is 3. The lowest BCUT2D eigenvalue weighted by molar-refractivity contribution is -0.138. The van der Waals surface area contributed by atoms with Gasteiger partial charge in [-0.2, -0.15) is 0 Å². The molecule has 0 aromatic heterocycles. The number of nitrogens with zero attached hydrogens (tertiary/aromatic N) is 1. The van der Waals surface area contributed by atoms with Crippen molar-refractivity contribution >= 4 is 45.2 Å². The van der Waals surface area contributed by atoms with Gasteiger partial charge in [-0.05, 0) is 64.7 Å². The van der Waals surface area contributed by atoms with Crippen molar-refractivity contribution in [2.45, 2.75) is 32.7 Å². The lowest BCUT2D eigenvalue weighted by atomic mass is 9.91. The Bertz CT molecular complexity index is 1340. The molecule has 3 aromatic carbocycles. The fourth-order valence-corrected chi connectivity index (χ4v) is 4.84. The molecular weight excluding hydrogens is 546 g/mol. The molecular formula is C30H30BrN3O4. The lowest BCUT2D eigenvalue weighted by Crippen LogP contribution is -2.48. The van der Waals surface area contributed by atoms with E-state index in [-0.39, 0.29) is 18.5 Å². The molecule has 3 aromatic rings. The third-order valence-electron chi connectivity index (χ3n) is 6.22. The van der Waals surface area contributed by atoms with Gasteiger partial charge in [0, 0.05) is 16.7 Å². The standard InChI is InChI=1S/C30H30BrN3O4/c1-3-5-19-34-27(21-11-7-6-8-12-21)25(29(36)38-4-2)26(33-30(34)37)20-15-17-22(18-16-20)32-28(35)23-13-9-10-14-24(23)31/h6-18,26H,3-5,19H2,1-2H3,(H,32,35)(H,33,37). The Balaban J connectivity index is 1.73. The number of benzene rings is 3. The molecule has 0 radical (unpaired) electrons. The van der Waals surface area contributed by atoms with Crippen molar-refractivity contribution in [3.8, 4) is 0 Å². The Labute approximate surface area is 231 Å². The molecule has 8 heteroatoms. The summed E-state index contributed by atoms with van der Waals surface area (Å²) in [5.41, 5.74) is 3.50. The maximum Gasteiger partial charge on any atom is 0.338 e. The number of anilines is 1. The predicted octanol–water partition coefficient (Wildman–Crippen LogP) is 6.54. The molecule has 0 fully saturated rings. The zero-order valence-corrected chi connectivity index (χ0v) is 23.0. The van der Waals surface area contributed by atoms with Crippen LogP contribution in [0, 0.1) is 0 Å². The normalized spacial score (nSPS) is 15.2. The molecule has 3 amide bonds. The minimum atomic E-state index is -0.720. The molecule has 0 saturated carbocycles. The fraction of sp³-hybridized carbons (Fsp3) is 0.233. The van der Waals surface area contributed by atoms with Gasteiger partial charge in [0.1, 0.15) is 0 Å². The summed E-state index contributed by atoms with van der Waals surface area (Å²) in [6.45, 7) is 4.50. The van der Waals surface area contributed by atoms with Crippen molar-refractivity contribution < 1.29 is 19.1 Å². The summed E-state index contributed by atoms with van der Waals surface area (Å²) in [5, 5.41) is 5.90. The van der Waals surface area contributed by atoms with Crippen LogP contribution in [0.1, 0.15) is 54.2 Å². The second kappa shape index (κ2) is 12.6. The van der Waals surface area contributed by atoms with Gasteiger partial charge in [-0.3, -0.25) is 9.69 Å². The third kappa shape index (κ3) is 5.97. The second-order valence-corrected chi connectivity index (χ2v) is 9.65. The second-order valence-electron chi connectivity index (χ2n) is 8.79. The van der Waals surface area contributed by atoms with Crippen LogP contribution in [0.25, 0.3) is 5.70 Å². The Morgan fingerprint density at radius 3 is 2.32 bits per heavy atom. The molecule has 7 nitrogen and oxygen atoms in total. The van der Waals surface area contributed by atoms with Gasteiger partial charge in [0.25, 0.3) is 5.91 Å². The van der Waals surface area contributed by atoms with E-state index in [1.54, 1.807) is 54.3 Å². The molecule has 0 bridgehead atoms. The van der Waals surface area contributed by atoms with Crippen molar-refractivity contribution in [2.75, 3.05) is 18.5 Å². The number of halogens is 1. The first-order valence-electron chi connectivity index (χ1n) is 12.6. The average Bonchev–Trinajstić information content (AvgIpc) is 2.93. The molecule has 1 atom stereocenters. The van der Waals surface area contributed by atoms with E-state index >= 15 is 0 Å². The molecule has 1 heterocycles. The van der Waals surface area contributed by atoms with Crippen LogP contribution in [-0.2, 0) is 9.53 Å². The molecule has 0 spiro atoms. The number of urea groups is 1. The summed E-state index contributed by atoms with van der Waals surface area (Å²) in [7, 11) is 0. The van der Waals surface area contributed by atoms with E-state index in [0.29, 0.717) is 39.1 Å². The van der Waals surface area contributed by atoms with Gasteiger partial charge < -0.3 is 15.4 Å². The van der Waals surface area contributed by atoms with Crippen molar-refractivity contribution in [1.82, 2.24) is 10.2 Å².